The maximum atomic E-state index is 12.8. The van der Waals surface area contributed by atoms with Crippen LogP contribution in [0.4, 0.5) is 0 Å². The smallest absolute Gasteiger partial charge is 0.306 e. The van der Waals surface area contributed by atoms with Gasteiger partial charge in [-0.2, -0.15) is 0 Å². The van der Waals surface area contributed by atoms with Gasteiger partial charge in [0, 0.05) is 19.3 Å². The number of hydrogen-bond acceptors (Lipinski definition) is 6. The highest BCUT2D eigenvalue weighted by molar-refractivity contribution is 5.71. The Morgan fingerprint density at radius 1 is 0.303 bits per heavy atom. The molecule has 0 radical (unpaired) electrons. The molecule has 0 heterocycles. The number of ether oxygens (including phenoxy) is 3. The lowest BCUT2D eigenvalue weighted by Crippen LogP contribution is -2.30. The summed E-state index contributed by atoms with van der Waals surface area (Å²) in [5, 5.41) is 0. The summed E-state index contributed by atoms with van der Waals surface area (Å²) in [5.41, 5.74) is 0. The van der Waals surface area contributed by atoms with Crippen molar-refractivity contribution < 1.29 is 28.6 Å². The molecule has 0 saturated carbocycles. The number of unbranched alkanes of at least 4 members (excludes halogenated alkanes) is 39. The number of rotatable bonds is 54. The summed E-state index contributed by atoms with van der Waals surface area (Å²) in [6.07, 6.45) is 64.5. The van der Waals surface area contributed by atoms with E-state index in [0.717, 1.165) is 70.6 Å². The first-order valence-corrected chi connectivity index (χ1v) is 29.3. The Morgan fingerprint density at radius 2 is 0.545 bits per heavy atom. The van der Waals surface area contributed by atoms with E-state index in [4.69, 9.17) is 14.2 Å². The van der Waals surface area contributed by atoms with Crippen molar-refractivity contribution in [2.45, 2.75) is 329 Å². The zero-order valence-corrected chi connectivity index (χ0v) is 44.5. The van der Waals surface area contributed by atoms with Crippen LogP contribution in [-0.2, 0) is 28.6 Å². The lowest BCUT2D eigenvalue weighted by atomic mass is 10.0. The second kappa shape index (κ2) is 55.5. The SMILES string of the molecule is CCCCCC/C=C\C/C=C\CCCCCCCCCC(=O)OC(COC(=O)CCCCCCCCCCCCC)COC(=O)CCCCCCCCCCCCCCCCCCCCC. The normalized spacial score (nSPS) is 12.1. The predicted octanol–water partition coefficient (Wildman–Crippen LogP) is 19.5. The van der Waals surface area contributed by atoms with Crippen LogP contribution in [0.2, 0.25) is 0 Å². The molecule has 0 aromatic rings. The summed E-state index contributed by atoms with van der Waals surface area (Å²) in [7, 11) is 0. The van der Waals surface area contributed by atoms with Crippen molar-refractivity contribution in [1.29, 1.82) is 0 Å². The van der Waals surface area contributed by atoms with E-state index < -0.39 is 6.10 Å². The highest BCUT2D eigenvalue weighted by Gasteiger charge is 2.19. The van der Waals surface area contributed by atoms with E-state index in [9.17, 15) is 14.4 Å². The Kier molecular flexibility index (Phi) is 53.7. The van der Waals surface area contributed by atoms with Crippen LogP contribution in [0.5, 0.6) is 0 Å². The summed E-state index contributed by atoms with van der Waals surface area (Å²) in [6, 6.07) is 0. The van der Waals surface area contributed by atoms with Crippen LogP contribution in [0.25, 0.3) is 0 Å². The zero-order valence-electron chi connectivity index (χ0n) is 44.5. The minimum atomic E-state index is -0.770. The molecule has 1 atom stereocenters. The summed E-state index contributed by atoms with van der Waals surface area (Å²) in [5.74, 6) is -0.856. The van der Waals surface area contributed by atoms with Crippen molar-refractivity contribution in [2.75, 3.05) is 13.2 Å². The van der Waals surface area contributed by atoms with E-state index >= 15 is 0 Å². The second-order valence-corrected chi connectivity index (χ2v) is 19.9. The van der Waals surface area contributed by atoms with Crippen LogP contribution >= 0.6 is 0 Å². The Balaban J connectivity index is 4.28. The monoisotopic (exact) mass is 929 g/mol. The summed E-state index contributed by atoms with van der Waals surface area (Å²) in [6.45, 7) is 6.66. The van der Waals surface area contributed by atoms with Gasteiger partial charge in [0.25, 0.3) is 0 Å². The van der Waals surface area contributed by atoms with Gasteiger partial charge < -0.3 is 14.2 Å². The third-order valence-corrected chi connectivity index (χ3v) is 13.2. The molecular formula is C60H112O6. The molecule has 6 nitrogen and oxygen atoms in total. The van der Waals surface area contributed by atoms with Crippen LogP contribution in [-0.4, -0.2) is 37.2 Å². The molecule has 6 heteroatoms. The van der Waals surface area contributed by atoms with Gasteiger partial charge in [-0.15, -0.1) is 0 Å². The fraction of sp³-hybridized carbons (Fsp3) is 0.883. The molecule has 0 aliphatic rings. The number of carbonyl (C=O) groups excluding carboxylic acids is 3. The molecule has 0 saturated heterocycles. The van der Waals surface area contributed by atoms with Crippen molar-refractivity contribution in [3.8, 4) is 0 Å². The molecule has 0 N–H and O–H groups in total. The summed E-state index contributed by atoms with van der Waals surface area (Å²) < 4.78 is 16.9. The Labute approximate surface area is 411 Å². The largest absolute Gasteiger partial charge is 0.462 e. The molecule has 0 amide bonds. The van der Waals surface area contributed by atoms with E-state index in [1.165, 1.54) is 212 Å². The van der Waals surface area contributed by atoms with E-state index in [1.54, 1.807) is 0 Å². The molecule has 1 unspecified atom stereocenters. The third kappa shape index (κ3) is 52.9. The minimum Gasteiger partial charge on any atom is -0.462 e. The first-order chi connectivity index (χ1) is 32.5. The molecule has 0 aromatic heterocycles. The first kappa shape index (κ1) is 63.9. The topological polar surface area (TPSA) is 78.9 Å². The van der Waals surface area contributed by atoms with Gasteiger partial charge >= 0.3 is 17.9 Å². The highest BCUT2D eigenvalue weighted by atomic mass is 16.6. The average Bonchev–Trinajstić information content (AvgIpc) is 3.31. The van der Waals surface area contributed by atoms with Gasteiger partial charge in [-0.05, 0) is 51.4 Å². The maximum Gasteiger partial charge on any atom is 0.306 e. The summed E-state index contributed by atoms with van der Waals surface area (Å²) in [4.78, 5) is 38.1. The molecule has 0 aromatic carbocycles. The van der Waals surface area contributed by atoms with Crippen LogP contribution in [0.3, 0.4) is 0 Å². The van der Waals surface area contributed by atoms with Gasteiger partial charge in [0.2, 0.25) is 0 Å². The Bertz CT molecular complexity index is 1070. The maximum absolute atomic E-state index is 12.8. The van der Waals surface area contributed by atoms with Crippen molar-refractivity contribution in [3.63, 3.8) is 0 Å². The average molecular weight is 930 g/mol. The number of hydrogen-bond donors (Lipinski definition) is 0. The second-order valence-electron chi connectivity index (χ2n) is 19.9. The Morgan fingerprint density at radius 3 is 0.848 bits per heavy atom. The van der Waals surface area contributed by atoms with Gasteiger partial charge in [-0.25, -0.2) is 0 Å². The van der Waals surface area contributed by atoms with Crippen molar-refractivity contribution >= 4 is 17.9 Å². The van der Waals surface area contributed by atoms with Crippen molar-refractivity contribution in [3.05, 3.63) is 24.3 Å². The van der Waals surface area contributed by atoms with E-state index in [1.807, 2.05) is 0 Å². The van der Waals surface area contributed by atoms with E-state index in [-0.39, 0.29) is 31.1 Å². The Hall–Kier alpha value is -2.11. The van der Waals surface area contributed by atoms with Crippen LogP contribution in [0, 0.1) is 0 Å². The first-order valence-electron chi connectivity index (χ1n) is 29.3. The molecule has 66 heavy (non-hydrogen) atoms. The number of esters is 3. The highest BCUT2D eigenvalue weighted by Crippen LogP contribution is 2.17. The molecule has 0 fully saturated rings. The fourth-order valence-electron chi connectivity index (χ4n) is 8.77. The van der Waals surface area contributed by atoms with Gasteiger partial charge in [-0.1, -0.05) is 276 Å². The quantitative estimate of drug-likeness (QED) is 0.0262. The third-order valence-electron chi connectivity index (χ3n) is 13.2. The molecule has 0 aliphatic heterocycles. The molecule has 0 aliphatic carbocycles. The van der Waals surface area contributed by atoms with Gasteiger partial charge in [-0.3, -0.25) is 14.4 Å². The van der Waals surface area contributed by atoms with Crippen LogP contribution < -0.4 is 0 Å². The van der Waals surface area contributed by atoms with Crippen molar-refractivity contribution in [2.24, 2.45) is 0 Å². The zero-order chi connectivity index (χ0) is 47.9. The van der Waals surface area contributed by atoms with Gasteiger partial charge in [0.05, 0.1) is 0 Å². The van der Waals surface area contributed by atoms with E-state index in [0.29, 0.717) is 19.3 Å². The number of allylic oxidation sites excluding steroid dienone is 4. The molecule has 0 bridgehead atoms. The van der Waals surface area contributed by atoms with Crippen molar-refractivity contribution in [1.82, 2.24) is 0 Å². The molecule has 388 valence electrons. The minimum absolute atomic E-state index is 0.0690. The van der Waals surface area contributed by atoms with Gasteiger partial charge in [0.15, 0.2) is 6.10 Å². The molecular weight excluding hydrogens is 817 g/mol. The fourth-order valence-corrected chi connectivity index (χ4v) is 8.77. The standard InChI is InChI=1S/C60H112O6/c1-4-7-10-13-16-19-22-24-26-28-30-32-33-35-38-41-44-47-50-53-59(62)65-56-57(55-64-58(61)52-49-46-43-40-37-21-18-15-12-9-6-3)66-60(63)54-51-48-45-42-39-36-34-31-29-27-25-23-20-17-14-11-8-5-2/h20,23,27,29,57H,4-19,21-22,24-26,28,30-56H2,1-3H3/b23-20-,29-27-. The predicted molar refractivity (Wildman–Crippen MR) is 284 cm³/mol. The summed E-state index contributed by atoms with van der Waals surface area (Å²) >= 11 is 0. The number of carbonyl (C=O) groups is 3. The molecule has 0 spiro atoms. The van der Waals surface area contributed by atoms with Crippen LogP contribution in [0.15, 0.2) is 24.3 Å². The lowest BCUT2D eigenvalue weighted by Gasteiger charge is -2.18. The van der Waals surface area contributed by atoms with Crippen LogP contribution in [0.1, 0.15) is 323 Å². The lowest BCUT2D eigenvalue weighted by molar-refractivity contribution is -0.167. The molecule has 0 rings (SSSR count). The van der Waals surface area contributed by atoms with Gasteiger partial charge in [0.1, 0.15) is 13.2 Å². The van der Waals surface area contributed by atoms with E-state index in [2.05, 4.69) is 45.1 Å².